The molecule has 146 valence electrons. The molecule has 2 aromatic rings. The van der Waals surface area contributed by atoms with E-state index >= 15 is 0 Å². The van der Waals surface area contributed by atoms with Crippen LogP contribution in [0.1, 0.15) is 26.7 Å². The lowest BCUT2D eigenvalue weighted by Gasteiger charge is -2.24. The Morgan fingerprint density at radius 3 is 2.41 bits per heavy atom. The number of hydrogen-bond acceptors (Lipinski definition) is 4. The van der Waals surface area contributed by atoms with E-state index in [1.165, 1.54) is 11.8 Å². The summed E-state index contributed by atoms with van der Waals surface area (Å²) in [6, 6.07) is 16.5. The number of para-hydroxylation sites is 3. The van der Waals surface area contributed by atoms with Gasteiger partial charge in [0, 0.05) is 20.0 Å². The quantitative estimate of drug-likeness (QED) is 0.673. The molecule has 0 unspecified atom stereocenters. The number of hydrogen-bond donors (Lipinski definition) is 1. The highest BCUT2D eigenvalue weighted by molar-refractivity contribution is 7.89. The van der Waals surface area contributed by atoms with Crippen molar-refractivity contribution in [2.75, 3.05) is 23.7 Å². The summed E-state index contributed by atoms with van der Waals surface area (Å²) >= 11 is 0. The van der Waals surface area contributed by atoms with Gasteiger partial charge in [0.25, 0.3) is 0 Å². The van der Waals surface area contributed by atoms with Gasteiger partial charge in [-0.15, -0.1) is 0 Å². The molecule has 0 fully saturated rings. The van der Waals surface area contributed by atoms with Crippen LogP contribution >= 0.6 is 0 Å². The van der Waals surface area contributed by atoms with E-state index in [9.17, 15) is 13.2 Å². The highest BCUT2D eigenvalue weighted by atomic mass is 32.2. The Bertz CT molecular complexity index is 838. The van der Waals surface area contributed by atoms with E-state index in [1.807, 2.05) is 49.4 Å². The third-order valence-corrected chi connectivity index (χ3v) is 5.40. The first-order valence-electron chi connectivity index (χ1n) is 9.00. The average Bonchev–Trinajstić information content (AvgIpc) is 2.65. The summed E-state index contributed by atoms with van der Waals surface area (Å²) < 4.78 is 32.4. The average molecular weight is 391 g/mol. The maximum absolute atomic E-state index is 12.2. The molecule has 7 heteroatoms. The highest BCUT2D eigenvalue weighted by Gasteiger charge is 2.17. The van der Waals surface area contributed by atoms with Crippen LogP contribution in [0.5, 0.6) is 11.5 Å². The molecule has 0 aliphatic rings. The first kappa shape index (κ1) is 20.9. The van der Waals surface area contributed by atoms with Crippen molar-refractivity contribution < 1.29 is 17.9 Å². The molecule has 2 aromatic carbocycles. The van der Waals surface area contributed by atoms with E-state index in [-0.39, 0.29) is 24.7 Å². The van der Waals surface area contributed by atoms with E-state index < -0.39 is 10.0 Å². The molecule has 1 N–H and O–H groups in total. The zero-order valence-corrected chi connectivity index (χ0v) is 16.5. The van der Waals surface area contributed by atoms with Crippen LogP contribution in [0.2, 0.25) is 0 Å². The van der Waals surface area contributed by atoms with Gasteiger partial charge in [0.2, 0.25) is 15.9 Å². The molecule has 0 spiro atoms. The number of ether oxygens (including phenoxy) is 1. The Balaban J connectivity index is 2.11. The van der Waals surface area contributed by atoms with Crippen molar-refractivity contribution in [2.45, 2.75) is 26.7 Å². The second kappa shape index (κ2) is 10.1. The molecule has 27 heavy (non-hydrogen) atoms. The van der Waals surface area contributed by atoms with Crippen molar-refractivity contribution in [1.82, 2.24) is 4.72 Å². The highest BCUT2D eigenvalue weighted by Crippen LogP contribution is 2.32. The number of rotatable bonds is 10. The lowest BCUT2D eigenvalue weighted by Crippen LogP contribution is -2.38. The van der Waals surface area contributed by atoms with Gasteiger partial charge in [0.1, 0.15) is 5.75 Å². The summed E-state index contributed by atoms with van der Waals surface area (Å²) in [6.07, 6.45) is 1.42. The minimum Gasteiger partial charge on any atom is -0.455 e. The predicted octanol–water partition coefficient (Wildman–Crippen LogP) is 3.55. The molecule has 0 bridgehead atoms. The molecule has 0 aliphatic carbocycles. The summed E-state index contributed by atoms with van der Waals surface area (Å²) in [5.41, 5.74) is 0.599. The van der Waals surface area contributed by atoms with Gasteiger partial charge in [-0.2, -0.15) is 0 Å². The monoisotopic (exact) mass is 390 g/mol. The number of carbonyl (C=O) groups is 1. The third-order valence-electron chi connectivity index (χ3n) is 3.93. The van der Waals surface area contributed by atoms with Crippen LogP contribution in [0.3, 0.4) is 0 Å². The van der Waals surface area contributed by atoms with E-state index in [0.29, 0.717) is 23.6 Å². The first-order chi connectivity index (χ1) is 12.9. The lowest BCUT2D eigenvalue weighted by atomic mass is 10.2. The Morgan fingerprint density at radius 2 is 1.74 bits per heavy atom. The molecule has 0 atom stereocenters. The molecule has 0 radical (unpaired) electrons. The minimum absolute atomic E-state index is 0.0945. The van der Waals surface area contributed by atoms with E-state index in [2.05, 4.69) is 4.72 Å². The van der Waals surface area contributed by atoms with Crippen LogP contribution in [0, 0.1) is 0 Å². The number of nitrogens with one attached hydrogen (secondary N) is 1. The van der Waals surface area contributed by atoms with E-state index in [0.717, 1.165) is 6.42 Å². The zero-order chi connectivity index (χ0) is 19.7. The second-order valence-electron chi connectivity index (χ2n) is 6.12. The number of unbranched alkanes of at least 4 members (excludes halogenated alkanes) is 1. The third kappa shape index (κ3) is 6.69. The number of anilines is 1. The van der Waals surface area contributed by atoms with E-state index in [4.69, 9.17) is 4.74 Å². The molecule has 0 aliphatic heterocycles. The van der Waals surface area contributed by atoms with Crippen molar-refractivity contribution >= 4 is 21.6 Å². The van der Waals surface area contributed by atoms with E-state index in [1.54, 1.807) is 12.1 Å². The van der Waals surface area contributed by atoms with Gasteiger partial charge < -0.3 is 9.64 Å². The van der Waals surface area contributed by atoms with Crippen molar-refractivity contribution in [1.29, 1.82) is 0 Å². The van der Waals surface area contributed by atoms with Crippen LogP contribution in [0.15, 0.2) is 54.6 Å². The molecule has 0 saturated heterocycles. The van der Waals surface area contributed by atoms with Gasteiger partial charge in [-0.1, -0.05) is 43.7 Å². The van der Waals surface area contributed by atoms with Gasteiger partial charge >= 0.3 is 0 Å². The van der Waals surface area contributed by atoms with Gasteiger partial charge in [-0.3, -0.25) is 4.79 Å². The fraction of sp³-hybridized carbons (Fsp3) is 0.350. The molecule has 0 aromatic heterocycles. The maximum atomic E-state index is 12.2. The van der Waals surface area contributed by atoms with Gasteiger partial charge in [-0.05, 0) is 30.7 Å². The van der Waals surface area contributed by atoms with Gasteiger partial charge in [-0.25, -0.2) is 13.1 Å². The Labute approximate surface area is 161 Å². The maximum Gasteiger partial charge on any atom is 0.224 e. The van der Waals surface area contributed by atoms with Crippen molar-refractivity contribution in [3.63, 3.8) is 0 Å². The van der Waals surface area contributed by atoms with Crippen molar-refractivity contribution in [3.05, 3.63) is 54.6 Å². The predicted molar refractivity (Wildman–Crippen MR) is 108 cm³/mol. The molecule has 1 amide bonds. The molecule has 6 nitrogen and oxygen atoms in total. The van der Waals surface area contributed by atoms with Crippen LogP contribution in [0.4, 0.5) is 5.69 Å². The first-order valence-corrected chi connectivity index (χ1v) is 10.7. The second-order valence-corrected chi connectivity index (χ2v) is 8.05. The van der Waals surface area contributed by atoms with Gasteiger partial charge in [0.05, 0.1) is 11.4 Å². The summed E-state index contributed by atoms with van der Waals surface area (Å²) in [4.78, 5) is 13.7. The Kier molecular flexibility index (Phi) is 7.82. The minimum atomic E-state index is -3.33. The van der Waals surface area contributed by atoms with Crippen molar-refractivity contribution in [2.24, 2.45) is 0 Å². The van der Waals surface area contributed by atoms with Crippen LogP contribution in [-0.4, -0.2) is 33.2 Å². The normalized spacial score (nSPS) is 11.2. The fourth-order valence-electron chi connectivity index (χ4n) is 2.55. The molecule has 0 saturated carbocycles. The molecule has 0 heterocycles. The largest absolute Gasteiger partial charge is 0.455 e. The Hall–Kier alpha value is -2.38. The summed E-state index contributed by atoms with van der Waals surface area (Å²) in [6.45, 7) is 3.75. The summed E-state index contributed by atoms with van der Waals surface area (Å²) in [7, 11) is -3.33. The van der Waals surface area contributed by atoms with Crippen molar-refractivity contribution in [3.8, 4) is 11.5 Å². The number of carbonyl (C=O) groups excluding carboxylic acids is 1. The number of amides is 1. The fourth-order valence-corrected chi connectivity index (χ4v) is 3.76. The van der Waals surface area contributed by atoms with Crippen LogP contribution in [0.25, 0.3) is 0 Å². The SMILES string of the molecule is CCCCS(=O)(=O)NCCN(C(C)=O)c1ccccc1Oc1ccccc1. The summed E-state index contributed by atoms with van der Waals surface area (Å²) in [5, 5.41) is 0. The number of sulfonamides is 1. The van der Waals surface area contributed by atoms with Gasteiger partial charge in [0.15, 0.2) is 5.75 Å². The van der Waals surface area contributed by atoms with Crippen LogP contribution in [-0.2, 0) is 14.8 Å². The molecule has 2 rings (SSSR count). The zero-order valence-electron chi connectivity index (χ0n) is 15.7. The lowest BCUT2D eigenvalue weighted by molar-refractivity contribution is -0.116. The smallest absolute Gasteiger partial charge is 0.224 e. The molecular weight excluding hydrogens is 364 g/mol. The standard InChI is InChI=1S/C20H26N2O4S/c1-3-4-16-27(24,25)21-14-15-22(17(2)23)19-12-8-9-13-20(19)26-18-10-6-5-7-11-18/h5-13,21H,3-4,14-16H2,1-2H3. The topological polar surface area (TPSA) is 75.7 Å². The number of benzene rings is 2. The Morgan fingerprint density at radius 1 is 1.07 bits per heavy atom. The van der Waals surface area contributed by atoms with Crippen LogP contribution < -0.4 is 14.4 Å². The molecular formula is C20H26N2O4S. The summed E-state index contributed by atoms with van der Waals surface area (Å²) in [5.74, 6) is 1.10. The number of nitrogens with zero attached hydrogens (tertiary/aromatic N) is 1.